The summed E-state index contributed by atoms with van der Waals surface area (Å²) in [4.78, 5) is 2.40. The minimum absolute atomic E-state index is 0.105. The Kier molecular flexibility index (Phi) is 5.92. The molecule has 1 N–H and O–H groups in total. The summed E-state index contributed by atoms with van der Waals surface area (Å²) in [5.74, 6) is -1.46. The Labute approximate surface area is 120 Å². The quantitative estimate of drug-likeness (QED) is 0.823. The van der Waals surface area contributed by atoms with Crippen molar-refractivity contribution in [1.29, 1.82) is 0 Å². The van der Waals surface area contributed by atoms with Gasteiger partial charge in [-0.1, -0.05) is 19.1 Å². The molecule has 1 aromatic rings. The lowest BCUT2D eigenvalue weighted by molar-refractivity contribution is 0.307. The zero-order valence-corrected chi connectivity index (χ0v) is 12.2. The molecule has 2 nitrogen and oxygen atoms in total. The third-order valence-electron chi connectivity index (χ3n) is 3.93. The van der Waals surface area contributed by atoms with Crippen LogP contribution >= 0.6 is 0 Å². The molecular weight excluding hydrogens is 258 g/mol. The van der Waals surface area contributed by atoms with Crippen molar-refractivity contribution in [1.82, 2.24) is 10.2 Å². The highest BCUT2D eigenvalue weighted by molar-refractivity contribution is 5.22. The second-order valence-corrected chi connectivity index (χ2v) is 5.49. The first-order chi connectivity index (χ1) is 9.72. The van der Waals surface area contributed by atoms with Crippen molar-refractivity contribution in [3.63, 3.8) is 0 Å². The average Bonchev–Trinajstić information content (AvgIpc) is 2.96. The van der Waals surface area contributed by atoms with Crippen LogP contribution < -0.4 is 5.32 Å². The molecule has 1 unspecified atom stereocenters. The molecule has 1 fully saturated rings. The minimum atomic E-state index is -0.757. The van der Waals surface area contributed by atoms with Crippen LogP contribution in [-0.2, 0) is 0 Å². The van der Waals surface area contributed by atoms with Crippen molar-refractivity contribution in [2.45, 2.75) is 38.6 Å². The molecule has 1 atom stereocenters. The predicted molar refractivity (Wildman–Crippen MR) is 77.7 cm³/mol. The number of hydrogen-bond donors (Lipinski definition) is 1. The second kappa shape index (κ2) is 7.70. The summed E-state index contributed by atoms with van der Waals surface area (Å²) in [6.45, 7) is 6.10. The number of nitrogens with one attached hydrogen (secondary N) is 1. The Hall–Kier alpha value is -1.00. The summed E-state index contributed by atoms with van der Waals surface area (Å²) in [5, 5.41) is 3.34. The van der Waals surface area contributed by atoms with Crippen molar-refractivity contribution in [2.24, 2.45) is 0 Å². The van der Waals surface area contributed by atoms with Gasteiger partial charge in [-0.2, -0.15) is 0 Å². The van der Waals surface area contributed by atoms with E-state index >= 15 is 0 Å². The molecule has 1 heterocycles. The van der Waals surface area contributed by atoms with Gasteiger partial charge in [-0.3, -0.25) is 0 Å². The number of likely N-dealkylation sites (tertiary alicyclic amines) is 1. The summed E-state index contributed by atoms with van der Waals surface area (Å²) in [6, 6.07) is 4.35. The van der Waals surface area contributed by atoms with Crippen LogP contribution in [-0.4, -0.2) is 31.1 Å². The van der Waals surface area contributed by atoms with Crippen LogP contribution in [0.4, 0.5) is 8.78 Å². The van der Waals surface area contributed by atoms with Gasteiger partial charge in [0.2, 0.25) is 0 Å². The van der Waals surface area contributed by atoms with Crippen LogP contribution in [0.25, 0.3) is 0 Å². The molecule has 112 valence electrons. The Morgan fingerprint density at radius 3 is 2.70 bits per heavy atom. The van der Waals surface area contributed by atoms with E-state index in [0.29, 0.717) is 5.56 Å². The summed E-state index contributed by atoms with van der Waals surface area (Å²) in [7, 11) is 0. The maximum Gasteiger partial charge on any atom is 0.163 e. The van der Waals surface area contributed by atoms with Crippen LogP contribution in [0, 0.1) is 11.6 Å². The Morgan fingerprint density at radius 2 is 2.00 bits per heavy atom. The predicted octanol–water partition coefficient (Wildman–Crippen LogP) is 3.49. The van der Waals surface area contributed by atoms with Crippen molar-refractivity contribution in [3.05, 3.63) is 35.4 Å². The van der Waals surface area contributed by atoms with Gasteiger partial charge in [0.15, 0.2) is 11.6 Å². The van der Waals surface area contributed by atoms with Crippen molar-refractivity contribution in [3.8, 4) is 0 Å². The van der Waals surface area contributed by atoms with Crippen LogP contribution in [0.3, 0.4) is 0 Å². The maximum absolute atomic E-state index is 14.0. The van der Waals surface area contributed by atoms with E-state index in [1.807, 2.05) is 0 Å². The first-order valence-electron chi connectivity index (χ1n) is 7.62. The van der Waals surface area contributed by atoms with Gasteiger partial charge in [0, 0.05) is 11.6 Å². The Morgan fingerprint density at radius 1 is 1.25 bits per heavy atom. The lowest BCUT2D eigenvalue weighted by Gasteiger charge is -2.23. The lowest BCUT2D eigenvalue weighted by atomic mass is 10.0. The monoisotopic (exact) mass is 282 g/mol. The fraction of sp³-hybridized carbons (Fsp3) is 0.625. The van der Waals surface area contributed by atoms with Gasteiger partial charge in [-0.15, -0.1) is 0 Å². The summed E-state index contributed by atoms with van der Waals surface area (Å²) >= 11 is 0. The van der Waals surface area contributed by atoms with Gasteiger partial charge in [0.25, 0.3) is 0 Å². The second-order valence-electron chi connectivity index (χ2n) is 5.49. The molecule has 0 aromatic heterocycles. The molecule has 0 bridgehead atoms. The standard InChI is InChI=1S/C16H24F2N2/c1-2-9-19-15(8-12-20-10-3-4-11-20)13-6-5-7-14(17)16(13)18/h5-7,15,19H,2-4,8-12H2,1H3. The summed E-state index contributed by atoms with van der Waals surface area (Å²) in [6.07, 6.45) is 4.31. The Bertz CT molecular complexity index is 417. The number of halogens is 2. The fourth-order valence-corrected chi connectivity index (χ4v) is 2.79. The van der Waals surface area contributed by atoms with E-state index in [-0.39, 0.29) is 6.04 Å². The number of rotatable bonds is 7. The van der Waals surface area contributed by atoms with Crippen LogP contribution in [0.5, 0.6) is 0 Å². The first-order valence-corrected chi connectivity index (χ1v) is 7.62. The first kappa shape index (κ1) is 15.4. The highest BCUT2D eigenvalue weighted by atomic mass is 19.2. The minimum Gasteiger partial charge on any atom is -0.310 e. The molecule has 0 spiro atoms. The van der Waals surface area contributed by atoms with Crippen molar-refractivity contribution in [2.75, 3.05) is 26.2 Å². The molecule has 0 amide bonds. The van der Waals surface area contributed by atoms with E-state index in [4.69, 9.17) is 0 Å². The Balaban J connectivity index is 2.03. The normalized spacial score (nSPS) is 17.6. The van der Waals surface area contributed by atoms with Gasteiger partial charge >= 0.3 is 0 Å². The largest absolute Gasteiger partial charge is 0.310 e. The van der Waals surface area contributed by atoms with Gasteiger partial charge in [0.05, 0.1) is 0 Å². The number of hydrogen-bond acceptors (Lipinski definition) is 2. The lowest BCUT2D eigenvalue weighted by Crippen LogP contribution is -2.29. The molecule has 0 saturated carbocycles. The van der Waals surface area contributed by atoms with Crippen molar-refractivity contribution >= 4 is 0 Å². The van der Waals surface area contributed by atoms with E-state index in [1.165, 1.54) is 18.9 Å². The molecule has 1 aliphatic rings. The highest BCUT2D eigenvalue weighted by Gasteiger charge is 2.19. The summed E-state index contributed by atoms with van der Waals surface area (Å²) < 4.78 is 27.3. The third-order valence-corrected chi connectivity index (χ3v) is 3.93. The van der Waals surface area contributed by atoms with Crippen LogP contribution in [0.1, 0.15) is 44.2 Å². The van der Waals surface area contributed by atoms with Gasteiger partial charge in [-0.05, 0) is 57.9 Å². The molecule has 0 radical (unpaired) electrons. The van der Waals surface area contributed by atoms with E-state index in [1.54, 1.807) is 12.1 Å². The van der Waals surface area contributed by atoms with Crippen molar-refractivity contribution < 1.29 is 8.78 Å². The van der Waals surface area contributed by atoms with E-state index in [0.717, 1.165) is 39.0 Å². The molecule has 0 aliphatic carbocycles. The van der Waals surface area contributed by atoms with E-state index in [2.05, 4.69) is 17.1 Å². The van der Waals surface area contributed by atoms with Gasteiger partial charge in [0.1, 0.15) is 0 Å². The van der Waals surface area contributed by atoms with Crippen LogP contribution in [0.15, 0.2) is 18.2 Å². The van der Waals surface area contributed by atoms with Gasteiger partial charge in [-0.25, -0.2) is 8.78 Å². The molecule has 1 aromatic carbocycles. The maximum atomic E-state index is 14.0. The summed E-state index contributed by atoms with van der Waals surface area (Å²) in [5.41, 5.74) is 0.456. The topological polar surface area (TPSA) is 15.3 Å². The zero-order valence-electron chi connectivity index (χ0n) is 12.2. The molecule has 4 heteroatoms. The molecule has 1 saturated heterocycles. The zero-order chi connectivity index (χ0) is 14.4. The smallest absolute Gasteiger partial charge is 0.163 e. The van der Waals surface area contributed by atoms with E-state index < -0.39 is 11.6 Å². The fourth-order valence-electron chi connectivity index (χ4n) is 2.79. The average molecular weight is 282 g/mol. The number of nitrogens with zero attached hydrogens (tertiary/aromatic N) is 1. The molecular formula is C16H24F2N2. The number of benzene rings is 1. The third kappa shape index (κ3) is 4.00. The molecule has 2 rings (SSSR count). The SMILES string of the molecule is CCCNC(CCN1CCCC1)c1cccc(F)c1F. The van der Waals surface area contributed by atoms with E-state index in [9.17, 15) is 8.78 Å². The molecule has 1 aliphatic heterocycles. The highest BCUT2D eigenvalue weighted by Crippen LogP contribution is 2.23. The molecule has 20 heavy (non-hydrogen) atoms. The van der Waals surface area contributed by atoms with Crippen LogP contribution in [0.2, 0.25) is 0 Å². The van der Waals surface area contributed by atoms with Gasteiger partial charge < -0.3 is 10.2 Å².